The first-order chi connectivity index (χ1) is 14.7. The monoisotopic (exact) mass is 424 g/mol. The summed E-state index contributed by atoms with van der Waals surface area (Å²) in [7, 11) is 0. The molecule has 1 aromatic heterocycles. The van der Waals surface area contributed by atoms with Gasteiger partial charge in [-0.1, -0.05) is 37.6 Å². The Morgan fingerprint density at radius 3 is 2.48 bits per heavy atom. The van der Waals surface area contributed by atoms with Crippen LogP contribution < -0.4 is 5.32 Å². The Labute approximate surface area is 183 Å². The average molecular weight is 425 g/mol. The van der Waals surface area contributed by atoms with Gasteiger partial charge in [-0.3, -0.25) is 9.48 Å². The predicted molar refractivity (Wildman–Crippen MR) is 118 cm³/mol. The van der Waals surface area contributed by atoms with Crippen LogP contribution in [0.2, 0.25) is 0 Å². The standard InChI is InChI=1S/C24H32N4O3/c1-5-6-17-7-9-18(10-8-17)24(11-12-24)26-21(29)19-15-25-28-14-13-27(16-20(19)28)22(30)31-23(2,3)4/h7-10,15H,5-6,11-14,16H2,1-4H3,(H,26,29). The fourth-order valence-electron chi connectivity index (χ4n) is 4.09. The molecule has 1 fully saturated rings. The third-order valence-corrected chi connectivity index (χ3v) is 5.92. The number of carbonyl (C=O) groups excluding carboxylic acids is 2. The molecule has 7 nitrogen and oxygen atoms in total. The Hall–Kier alpha value is -2.83. The van der Waals surface area contributed by atoms with Crippen molar-refractivity contribution in [3.8, 4) is 0 Å². The summed E-state index contributed by atoms with van der Waals surface area (Å²) in [5.74, 6) is -0.137. The van der Waals surface area contributed by atoms with Gasteiger partial charge in [-0.2, -0.15) is 5.10 Å². The minimum absolute atomic E-state index is 0.137. The summed E-state index contributed by atoms with van der Waals surface area (Å²) in [6.07, 6.45) is 5.30. The molecule has 0 bridgehead atoms. The number of ether oxygens (including phenoxy) is 1. The zero-order chi connectivity index (χ0) is 22.2. The molecule has 2 aliphatic rings. The normalized spacial score (nSPS) is 17.1. The number of nitrogens with zero attached hydrogens (tertiary/aromatic N) is 3. The quantitative estimate of drug-likeness (QED) is 0.787. The van der Waals surface area contributed by atoms with Gasteiger partial charge in [0, 0.05) is 6.54 Å². The van der Waals surface area contributed by atoms with Gasteiger partial charge in [0.05, 0.1) is 36.1 Å². The molecule has 1 saturated carbocycles. The van der Waals surface area contributed by atoms with E-state index in [9.17, 15) is 9.59 Å². The van der Waals surface area contributed by atoms with E-state index in [4.69, 9.17) is 4.74 Å². The molecule has 166 valence electrons. The van der Waals surface area contributed by atoms with Crippen LogP contribution in [-0.2, 0) is 29.8 Å². The molecule has 0 spiro atoms. The average Bonchev–Trinajstić information content (AvgIpc) is 3.36. The first kappa shape index (κ1) is 21.4. The largest absolute Gasteiger partial charge is 0.444 e. The van der Waals surface area contributed by atoms with Gasteiger partial charge >= 0.3 is 6.09 Å². The highest BCUT2D eigenvalue weighted by atomic mass is 16.6. The lowest BCUT2D eigenvalue weighted by molar-refractivity contribution is 0.0193. The highest BCUT2D eigenvalue weighted by molar-refractivity contribution is 5.96. The van der Waals surface area contributed by atoms with Crippen LogP contribution in [0, 0.1) is 0 Å². The molecule has 4 rings (SSSR count). The van der Waals surface area contributed by atoms with Crippen LogP contribution in [0.3, 0.4) is 0 Å². The number of rotatable bonds is 5. The van der Waals surface area contributed by atoms with Crippen LogP contribution in [0.15, 0.2) is 30.5 Å². The maximum absolute atomic E-state index is 13.2. The van der Waals surface area contributed by atoms with E-state index in [1.54, 1.807) is 11.1 Å². The second-order valence-corrected chi connectivity index (χ2v) is 9.61. The molecule has 31 heavy (non-hydrogen) atoms. The SMILES string of the molecule is CCCc1ccc(C2(NC(=O)c3cnn4c3CN(C(=O)OC(C)(C)C)CC4)CC2)cc1. The van der Waals surface area contributed by atoms with Crippen LogP contribution in [0.5, 0.6) is 0 Å². The van der Waals surface area contributed by atoms with Crippen molar-refractivity contribution in [2.45, 2.75) is 77.6 Å². The fourth-order valence-corrected chi connectivity index (χ4v) is 4.09. The fraction of sp³-hybridized carbons (Fsp3) is 0.542. The molecule has 1 aromatic carbocycles. The lowest BCUT2D eigenvalue weighted by atomic mass is 10.0. The van der Waals surface area contributed by atoms with Gasteiger partial charge in [-0.25, -0.2) is 4.79 Å². The Balaban J connectivity index is 1.47. The number of hydrogen-bond acceptors (Lipinski definition) is 4. The van der Waals surface area contributed by atoms with Crippen molar-refractivity contribution in [2.24, 2.45) is 0 Å². The Kier molecular flexibility index (Phi) is 5.54. The number of hydrogen-bond donors (Lipinski definition) is 1. The van der Waals surface area contributed by atoms with Gasteiger partial charge < -0.3 is 15.0 Å². The molecule has 7 heteroatoms. The number of amides is 2. The Morgan fingerprint density at radius 2 is 1.87 bits per heavy atom. The summed E-state index contributed by atoms with van der Waals surface area (Å²) in [6.45, 7) is 9.10. The van der Waals surface area contributed by atoms with Gasteiger partial charge in [-0.05, 0) is 51.2 Å². The van der Waals surface area contributed by atoms with Gasteiger partial charge in [0.15, 0.2) is 0 Å². The van der Waals surface area contributed by atoms with E-state index in [-0.39, 0.29) is 17.5 Å². The van der Waals surface area contributed by atoms with Gasteiger partial charge in [0.25, 0.3) is 5.91 Å². The predicted octanol–water partition coefficient (Wildman–Crippen LogP) is 4.01. The van der Waals surface area contributed by atoms with Crippen molar-refractivity contribution in [1.29, 1.82) is 0 Å². The van der Waals surface area contributed by atoms with Crippen molar-refractivity contribution in [2.75, 3.05) is 6.54 Å². The van der Waals surface area contributed by atoms with E-state index in [0.29, 0.717) is 25.2 Å². The van der Waals surface area contributed by atoms with Crippen molar-refractivity contribution in [1.82, 2.24) is 20.0 Å². The van der Waals surface area contributed by atoms with Crippen LogP contribution in [0.4, 0.5) is 4.79 Å². The lowest BCUT2D eigenvalue weighted by Gasteiger charge is -2.30. The molecule has 1 N–H and O–H groups in total. The molecule has 0 unspecified atom stereocenters. The van der Waals surface area contributed by atoms with E-state index in [1.165, 1.54) is 5.56 Å². The van der Waals surface area contributed by atoms with Gasteiger partial charge in [0.1, 0.15) is 5.60 Å². The molecular formula is C24H32N4O3. The van der Waals surface area contributed by atoms with Crippen molar-refractivity contribution in [3.63, 3.8) is 0 Å². The number of nitrogens with one attached hydrogen (secondary N) is 1. The smallest absolute Gasteiger partial charge is 0.410 e. The molecule has 2 amide bonds. The number of fused-ring (bicyclic) bond motifs is 1. The first-order valence-corrected chi connectivity index (χ1v) is 11.2. The van der Waals surface area contributed by atoms with Crippen LogP contribution >= 0.6 is 0 Å². The summed E-state index contributed by atoms with van der Waals surface area (Å²) >= 11 is 0. The van der Waals surface area contributed by atoms with Crippen molar-refractivity contribution < 1.29 is 14.3 Å². The van der Waals surface area contributed by atoms with E-state index in [0.717, 1.165) is 36.9 Å². The zero-order valence-corrected chi connectivity index (χ0v) is 18.9. The number of carbonyl (C=O) groups is 2. The molecule has 1 aliphatic heterocycles. The maximum atomic E-state index is 13.2. The van der Waals surface area contributed by atoms with E-state index < -0.39 is 5.60 Å². The summed E-state index contributed by atoms with van der Waals surface area (Å²) in [5.41, 5.74) is 2.90. The molecule has 0 radical (unpaired) electrons. The zero-order valence-electron chi connectivity index (χ0n) is 18.9. The van der Waals surface area contributed by atoms with E-state index in [2.05, 4.69) is 41.6 Å². The third kappa shape index (κ3) is 4.60. The van der Waals surface area contributed by atoms with Crippen LogP contribution in [-0.4, -0.2) is 38.8 Å². The van der Waals surface area contributed by atoms with Crippen LogP contribution in [0.25, 0.3) is 0 Å². The molecule has 1 aliphatic carbocycles. The highest BCUT2D eigenvalue weighted by Gasteiger charge is 2.46. The molecule has 0 atom stereocenters. The highest BCUT2D eigenvalue weighted by Crippen LogP contribution is 2.45. The second-order valence-electron chi connectivity index (χ2n) is 9.61. The molecule has 2 aromatic rings. The van der Waals surface area contributed by atoms with Gasteiger partial charge in [0.2, 0.25) is 0 Å². The van der Waals surface area contributed by atoms with Crippen LogP contribution in [0.1, 0.15) is 74.1 Å². The van der Waals surface area contributed by atoms with E-state index in [1.807, 2.05) is 25.5 Å². The Morgan fingerprint density at radius 1 is 1.16 bits per heavy atom. The summed E-state index contributed by atoms with van der Waals surface area (Å²) < 4.78 is 7.32. The first-order valence-electron chi connectivity index (χ1n) is 11.2. The van der Waals surface area contributed by atoms with Crippen molar-refractivity contribution >= 4 is 12.0 Å². The second kappa shape index (κ2) is 8.02. The summed E-state index contributed by atoms with van der Waals surface area (Å²) in [4.78, 5) is 27.3. The Bertz CT molecular complexity index is 968. The topological polar surface area (TPSA) is 76.5 Å². The van der Waals surface area contributed by atoms with Gasteiger partial charge in [-0.15, -0.1) is 0 Å². The van der Waals surface area contributed by atoms with E-state index >= 15 is 0 Å². The summed E-state index contributed by atoms with van der Waals surface area (Å²) in [5, 5.41) is 7.62. The molecule has 0 saturated heterocycles. The number of aryl methyl sites for hydroxylation is 1. The minimum atomic E-state index is -0.556. The molecular weight excluding hydrogens is 392 g/mol. The maximum Gasteiger partial charge on any atom is 0.410 e. The lowest BCUT2D eigenvalue weighted by Crippen LogP contribution is -2.42. The third-order valence-electron chi connectivity index (χ3n) is 5.92. The minimum Gasteiger partial charge on any atom is -0.444 e. The number of benzene rings is 1. The summed E-state index contributed by atoms with van der Waals surface area (Å²) in [6, 6.07) is 8.59. The van der Waals surface area contributed by atoms with Crippen molar-refractivity contribution in [3.05, 3.63) is 52.8 Å². The molecule has 2 heterocycles. The number of aromatic nitrogens is 2.